The van der Waals surface area contributed by atoms with E-state index in [4.69, 9.17) is 4.99 Å². The van der Waals surface area contributed by atoms with Gasteiger partial charge in [-0.25, -0.2) is 0 Å². The first kappa shape index (κ1) is 32.4. The molecule has 3 unspecified atom stereocenters. The number of nitrogens with zero attached hydrogens (tertiary/aromatic N) is 1. The Hall–Kier alpha value is -3.10. The van der Waals surface area contributed by atoms with Crippen molar-refractivity contribution in [2.24, 2.45) is 16.8 Å². The van der Waals surface area contributed by atoms with Crippen LogP contribution in [0.2, 0.25) is 0 Å². The maximum Gasteiger partial charge on any atom is 0.0378 e. The maximum absolute atomic E-state index is 5.20. The lowest BCUT2D eigenvalue weighted by molar-refractivity contribution is 0.500. The number of hydrogen-bond donors (Lipinski definition) is 0. The lowest BCUT2D eigenvalue weighted by atomic mass is 9.62. The zero-order valence-corrected chi connectivity index (χ0v) is 27.5. The molecule has 0 radical (unpaired) electrons. The molecule has 0 amide bonds. The van der Waals surface area contributed by atoms with E-state index in [1.165, 1.54) is 32.7 Å². The van der Waals surface area contributed by atoms with Crippen molar-refractivity contribution in [3.05, 3.63) is 136 Å². The minimum atomic E-state index is -0.210. The van der Waals surface area contributed by atoms with Crippen LogP contribution in [0.3, 0.4) is 0 Å². The molecule has 0 heterocycles. The molecular formula is C39H49NS. The van der Waals surface area contributed by atoms with Gasteiger partial charge in [0.1, 0.15) is 0 Å². The fourth-order valence-corrected chi connectivity index (χ4v) is 7.01. The molecule has 2 heteroatoms. The van der Waals surface area contributed by atoms with Crippen molar-refractivity contribution >= 4 is 23.5 Å². The number of thioether (sulfide) groups is 1. The Morgan fingerprint density at radius 1 is 1.00 bits per heavy atom. The van der Waals surface area contributed by atoms with Crippen LogP contribution in [0.4, 0.5) is 0 Å². The first-order valence-electron chi connectivity index (χ1n) is 15.0. The van der Waals surface area contributed by atoms with Gasteiger partial charge in [0.05, 0.1) is 0 Å². The van der Waals surface area contributed by atoms with E-state index < -0.39 is 0 Å². The fraction of sp³-hybridized carbons (Fsp3) is 0.359. The van der Waals surface area contributed by atoms with Crippen molar-refractivity contribution in [3.63, 3.8) is 0 Å². The van der Waals surface area contributed by atoms with Gasteiger partial charge in [0.15, 0.2) is 0 Å². The van der Waals surface area contributed by atoms with Crippen molar-refractivity contribution < 1.29 is 0 Å². The summed E-state index contributed by atoms with van der Waals surface area (Å²) in [5.41, 5.74) is 9.54. The summed E-state index contributed by atoms with van der Waals surface area (Å²) in [4.78, 5) is 6.51. The average molecular weight is 564 g/mol. The van der Waals surface area contributed by atoms with Crippen LogP contribution < -0.4 is 0 Å². The molecule has 0 aliphatic heterocycles. The normalized spacial score (nSPS) is 21.2. The second-order valence-electron chi connectivity index (χ2n) is 11.6. The molecule has 3 atom stereocenters. The summed E-state index contributed by atoms with van der Waals surface area (Å²) < 4.78 is 0. The lowest BCUT2D eigenvalue weighted by Gasteiger charge is -2.41. The molecule has 216 valence electrons. The predicted octanol–water partition coefficient (Wildman–Crippen LogP) is 11.5. The van der Waals surface area contributed by atoms with Crippen LogP contribution in [-0.2, 0) is 5.41 Å². The first-order chi connectivity index (χ1) is 19.5. The Bertz CT molecular complexity index is 1400. The number of aliphatic imine (C=N–C) groups is 1. The Labute approximate surface area is 254 Å². The van der Waals surface area contributed by atoms with Crippen LogP contribution >= 0.6 is 11.8 Å². The maximum atomic E-state index is 5.20. The third-order valence-corrected chi connectivity index (χ3v) is 9.40. The minimum Gasteiger partial charge on any atom is -0.262 e. The van der Waals surface area contributed by atoms with Gasteiger partial charge in [-0.1, -0.05) is 119 Å². The van der Waals surface area contributed by atoms with Gasteiger partial charge in [-0.05, 0) is 86.9 Å². The minimum absolute atomic E-state index is 0.141. The van der Waals surface area contributed by atoms with Crippen LogP contribution in [0.15, 0.2) is 124 Å². The molecule has 1 aliphatic rings. The number of benzene rings is 2. The largest absolute Gasteiger partial charge is 0.262 e. The molecular weight excluding hydrogens is 515 g/mol. The molecule has 0 saturated heterocycles. The summed E-state index contributed by atoms with van der Waals surface area (Å²) >= 11 is 1.91. The summed E-state index contributed by atoms with van der Waals surface area (Å²) in [6.07, 6.45) is 14.5. The topological polar surface area (TPSA) is 12.4 Å². The number of allylic oxidation sites excluding steroid dienone is 8. The summed E-state index contributed by atoms with van der Waals surface area (Å²) in [5, 5.41) is 0.391. The van der Waals surface area contributed by atoms with Gasteiger partial charge >= 0.3 is 0 Å². The van der Waals surface area contributed by atoms with Crippen LogP contribution in [0, 0.1) is 11.8 Å². The molecule has 41 heavy (non-hydrogen) atoms. The van der Waals surface area contributed by atoms with E-state index in [-0.39, 0.29) is 11.3 Å². The molecule has 2 aromatic rings. The van der Waals surface area contributed by atoms with Crippen molar-refractivity contribution in [2.75, 3.05) is 0 Å². The van der Waals surface area contributed by atoms with E-state index in [9.17, 15) is 0 Å². The van der Waals surface area contributed by atoms with Gasteiger partial charge in [-0.3, -0.25) is 4.99 Å². The fourth-order valence-electron chi connectivity index (χ4n) is 5.71. The SMILES string of the molecule is C=C(/C=C(C)/N=C(\C)C1C=Cc2ccccc2C1(C)c1ccccc1)/C(CC)=C(/C=C(/C)C(C)C)SC(C)/C=C/C. The van der Waals surface area contributed by atoms with Gasteiger partial charge in [-0.2, -0.15) is 0 Å². The summed E-state index contributed by atoms with van der Waals surface area (Å²) in [6, 6.07) is 19.6. The molecule has 1 nitrogen and oxygen atoms in total. The Kier molecular flexibility index (Phi) is 11.6. The van der Waals surface area contributed by atoms with Gasteiger partial charge in [0, 0.05) is 32.9 Å². The molecule has 0 N–H and O–H groups in total. The molecule has 0 fully saturated rings. The number of hydrogen-bond acceptors (Lipinski definition) is 2. The first-order valence-corrected chi connectivity index (χ1v) is 15.9. The van der Waals surface area contributed by atoms with Crippen LogP contribution in [0.1, 0.15) is 85.4 Å². The van der Waals surface area contributed by atoms with Crippen LogP contribution in [-0.4, -0.2) is 11.0 Å². The summed E-state index contributed by atoms with van der Waals surface area (Å²) in [5.74, 6) is 0.646. The van der Waals surface area contributed by atoms with E-state index in [1.807, 2.05) is 11.8 Å². The third kappa shape index (κ3) is 7.80. The molecule has 0 aromatic heterocycles. The van der Waals surface area contributed by atoms with Crippen molar-refractivity contribution in [1.82, 2.24) is 0 Å². The highest BCUT2D eigenvalue weighted by Gasteiger charge is 2.41. The second kappa shape index (κ2) is 14.7. The molecule has 1 aliphatic carbocycles. The van der Waals surface area contributed by atoms with E-state index in [2.05, 4.69) is 160 Å². The molecule has 0 spiro atoms. The predicted molar refractivity (Wildman–Crippen MR) is 186 cm³/mol. The lowest BCUT2D eigenvalue weighted by Crippen LogP contribution is -2.38. The second-order valence-corrected chi connectivity index (χ2v) is 13.1. The Balaban J connectivity index is 2.03. The van der Waals surface area contributed by atoms with Gasteiger partial charge in [0.25, 0.3) is 0 Å². The highest BCUT2D eigenvalue weighted by atomic mass is 32.2. The highest BCUT2D eigenvalue weighted by Crippen LogP contribution is 2.45. The molecule has 2 aromatic carbocycles. The quantitative estimate of drug-likeness (QED) is 0.150. The Morgan fingerprint density at radius 3 is 2.29 bits per heavy atom. The van der Waals surface area contributed by atoms with Gasteiger partial charge < -0.3 is 0 Å². The molecule has 0 bridgehead atoms. The van der Waals surface area contributed by atoms with Crippen LogP contribution in [0.5, 0.6) is 0 Å². The van der Waals surface area contributed by atoms with E-state index in [1.54, 1.807) is 0 Å². The van der Waals surface area contributed by atoms with Crippen molar-refractivity contribution in [1.29, 1.82) is 0 Å². The van der Waals surface area contributed by atoms with Gasteiger partial charge in [0.2, 0.25) is 0 Å². The van der Waals surface area contributed by atoms with Crippen LogP contribution in [0.25, 0.3) is 6.08 Å². The standard InChI is InChI=1S/C39H49NS/c1-11-18-31(8)41-38(26-28(5)27(3)4)35(12-2)29(6)25-30(7)40-32(9)36-24-23-33-19-16-17-22-37(33)39(36,10)34-20-14-13-15-21-34/h11,13-27,31,36H,6,12H2,1-5,7-10H3/b18-11+,28-26-,30-25+,38-35-,40-32+. The number of fused-ring (bicyclic) bond motifs is 1. The highest BCUT2D eigenvalue weighted by molar-refractivity contribution is 8.04. The van der Waals surface area contributed by atoms with E-state index >= 15 is 0 Å². The number of rotatable bonds is 11. The average Bonchev–Trinajstić information content (AvgIpc) is 2.94. The Morgan fingerprint density at radius 2 is 1.66 bits per heavy atom. The molecule has 0 saturated carbocycles. The van der Waals surface area contributed by atoms with E-state index in [0.29, 0.717) is 11.2 Å². The zero-order chi connectivity index (χ0) is 30.2. The summed E-state index contributed by atoms with van der Waals surface area (Å²) in [7, 11) is 0. The van der Waals surface area contributed by atoms with E-state index in [0.717, 1.165) is 23.4 Å². The van der Waals surface area contributed by atoms with Crippen molar-refractivity contribution in [2.45, 2.75) is 79.4 Å². The third-order valence-electron chi connectivity index (χ3n) is 8.25. The van der Waals surface area contributed by atoms with Crippen molar-refractivity contribution in [3.8, 4) is 0 Å². The zero-order valence-electron chi connectivity index (χ0n) is 26.7. The smallest absolute Gasteiger partial charge is 0.0378 e. The molecule has 3 rings (SSSR count). The monoisotopic (exact) mass is 563 g/mol. The summed E-state index contributed by atoms with van der Waals surface area (Å²) in [6.45, 7) is 24.5. The van der Waals surface area contributed by atoms with Gasteiger partial charge in [-0.15, -0.1) is 11.8 Å².